The molecule has 7 heteroatoms. The number of hydrogen-bond acceptors (Lipinski definition) is 4. The van der Waals surface area contributed by atoms with Crippen molar-refractivity contribution in [3.63, 3.8) is 0 Å². The molecular weight excluding hydrogens is 289 g/mol. The van der Waals surface area contributed by atoms with Crippen LogP contribution < -0.4 is 10.6 Å². The quantitative estimate of drug-likeness (QED) is 0.617. The lowest BCUT2D eigenvalue weighted by Gasteiger charge is -2.26. The molecule has 0 radical (unpaired) electrons. The van der Waals surface area contributed by atoms with Gasteiger partial charge in [0.05, 0.1) is 12.6 Å². The lowest BCUT2D eigenvalue weighted by atomic mass is 10.0. The molecule has 0 aromatic rings. The van der Waals surface area contributed by atoms with Crippen molar-refractivity contribution >= 4 is 30.7 Å². The van der Waals surface area contributed by atoms with Crippen molar-refractivity contribution < 1.29 is 9.53 Å². The summed E-state index contributed by atoms with van der Waals surface area (Å²) in [5.74, 6) is 0.407. The maximum atomic E-state index is 11.9. The summed E-state index contributed by atoms with van der Waals surface area (Å²) < 4.78 is 4.91. The van der Waals surface area contributed by atoms with Crippen LogP contribution in [0.4, 0.5) is 0 Å². The average Bonchev–Trinajstić information content (AvgIpc) is 2.22. The molecule has 0 spiro atoms. The second-order valence-corrected chi connectivity index (χ2v) is 4.69. The third-order valence-electron chi connectivity index (χ3n) is 2.54. The summed E-state index contributed by atoms with van der Waals surface area (Å²) in [7, 11) is 5.54. The SMILES string of the molecule is COCCNCCNC(=O)C(C(C)C)N(C)C.Cl.Cl. The first-order chi connectivity index (χ1) is 8.00. The van der Waals surface area contributed by atoms with Crippen molar-refractivity contribution in [2.75, 3.05) is 47.4 Å². The first kappa shape index (κ1) is 24.0. The minimum atomic E-state index is -0.0611. The molecule has 2 N–H and O–H groups in total. The molecule has 0 aliphatic carbocycles. The zero-order valence-corrected chi connectivity index (χ0v) is 14.2. The maximum absolute atomic E-state index is 11.9. The van der Waals surface area contributed by atoms with Crippen LogP contribution in [0, 0.1) is 5.92 Å². The molecule has 19 heavy (non-hydrogen) atoms. The van der Waals surface area contributed by atoms with Gasteiger partial charge in [-0.05, 0) is 20.0 Å². The minimum absolute atomic E-state index is 0. The van der Waals surface area contributed by atoms with Crippen molar-refractivity contribution in [2.24, 2.45) is 5.92 Å². The summed E-state index contributed by atoms with van der Waals surface area (Å²) >= 11 is 0. The molecule has 0 aliphatic heterocycles. The predicted molar refractivity (Wildman–Crippen MR) is 84.6 cm³/mol. The van der Waals surface area contributed by atoms with E-state index in [-0.39, 0.29) is 36.8 Å². The van der Waals surface area contributed by atoms with Gasteiger partial charge in [0.2, 0.25) is 5.91 Å². The zero-order chi connectivity index (χ0) is 13.3. The van der Waals surface area contributed by atoms with Crippen LogP contribution in [0.15, 0.2) is 0 Å². The Morgan fingerprint density at radius 3 is 2.16 bits per heavy atom. The van der Waals surface area contributed by atoms with Crippen molar-refractivity contribution in [3.05, 3.63) is 0 Å². The predicted octanol–water partition coefficient (Wildman–Crippen LogP) is 0.768. The van der Waals surface area contributed by atoms with E-state index in [1.807, 2.05) is 19.0 Å². The third-order valence-corrected chi connectivity index (χ3v) is 2.54. The van der Waals surface area contributed by atoms with Crippen LogP contribution in [0.25, 0.3) is 0 Å². The average molecular weight is 318 g/mol. The van der Waals surface area contributed by atoms with Crippen LogP contribution >= 0.6 is 24.8 Å². The minimum Gasteiger partial charge on any atom is -0.383 e. The van der Waals surface area contributed by atoms with Gasteiger partial charge >= 0.3 is 0 Å². The lowest BCUT2D eigenvalue weighted by molar-refractivity contribution is -0.126. The number of amides is 1. The topological polar surface area (TPSA) is 53.6 Å². The van der Waals surface area contributed by atoms with Crippen molar-refractivity contribution in [3.8, 4) is 0 Å². The largest absolute Gasteiger partial charge is 0.383 e. The van der Waals surface area contributed by atoms with Gasteiger partial charge in [0.25, 0.3) is 0 Å². The second-order valence-electron chi connectivity index (χ2n) is 4.69. The number of rotatable bonds is 9. The number of nitrogens with one attached hydrogen (secondary N) is 2. The fraction of sp³-hybridized carbons (Fsp3) is 0.917. The molecule has 0 aromatic carbocycles. The monoisotopic (exact) mass is 317 g/mol. The number of carbonyl (C=O) groups excluding carboxylic acids is 1. The van der Waals surface area contributed by atoms with Crippen LogP contribution in [-0.2, 0) is 9.53 Å². The molecule has 118 valence electrons. The summed E-state index contributed by atoms with van der Waals surface area (Å²) in [5, 5.41) is 6.12. The number of hydrogen-bond donors (Lipinski definition) is 2. The number of methoxy groups -OCH3 is 1. The van der Waals surface area contributed by atoms with E-state index in [1.54, 1.807) is 7.11 Å². The Hall–Kier alpha value is -0.0700. The Labute approximate surface area is 129 Å². The first-order valence-electron chi connectivity index (χ1n) is 6.14. The highest BCUT2D eigenvalue weighted by Gasteiger charge is 2.23. The second kappa shape index (κ2) is 14.3. The van der Waals surface area contributed by atoms with Crippen LogP contribution in [0.5, 0.6) is 0 Å². The van der Waals surface area contributed by atoms with Crippen LogP contribution in [0.1, 0.15) is 13.8 Å². The highest BCUT2D eigenvalue weighted by Crippen LogP contribution is 2.06. The van der Waals surface area contributed by atoms with E-state index >= 15 is 0 Å². The molecule has 0 saturated carbocycles. The van der Waals surface area contributed by atoms with Crippen LogP contribution in [0.2, 0.25) is 0 Å². The molecule has 0 bridgehead atoms. The fourth-order valence-electron chi connectivity index (χ4n) is 1.81. The van der Waals surface area contributed by atoms with E-state index in [2.05, 4.69) is 24.5 Å². The summed E-state index contributed by atoms with van der Waals surface area (Å²) in [6.07, 6.45) is 0. The van der Waals surface area contributed by atoms with Gasteiger partial charge in [-0.3, -0.25) is 9.69 Å². The molecule has 0 aromatic heterocycles. The van der Waals surface area contributed by atoms with Gasteiger partial charge in [-0.25, -0.2) is 0 Å². The van der Waals surface area contributed by atoms with Crippen molar-refractivity contribution in [1.29, 1.82) is 0 Å². The molecule has 1 amide bonds. The Morgan fingerprint density at radius 2 is 1.74 bits per heavy atom. The Morgan fingerprint density at radius 1 is 1.16 bits per heavy atom. The van der Waals surface area contributed by atoms with E-state index in [9.17, 15) is 4.79 Å². The molecule has 1 unspecified atom stereocenters. The number of ether oxygens (including phenoxy) is 1. The van der Waals surface area contributed by atoms with Gasteiger partial charge in [-0.15, -0.1) is 24.8 Å². The molecule has 1 atom stereocenters. The molecule has 0 aliphatic rings. The zero-order valence-electron chi connectivity index (χ0n) is 12.6. The summed E-state index contributed by atoms with van der Waals surface area (Å²) in [6.45, 7) is 7.04. The molecular formula is C12H29Cl2N3O2. The number of halogens is 2. The summed E-state index contributed by atoms with van der Waals surface area (Å²) in [6, 6.07) is -0.0611. The lowest BCUT2D eigenvalue weighted by Crippen LogP contribution is -2.48. The van der Waals surface area contributed by atoms with Crippen molar-refractivity contribution in [1.82, 2.24) is 15.5 Å². The van der Waals surface area contributed by atoms with Gasteiger partial charge in [0, 0.05) is 26.7 Å². The van der Waals surface area contributed by atoms with E-state index in [0.717, 1.165) is 13.1 Å². The standard InChI is InChI=1S/C12H27N3O2.2ClH/c1-10(2)11(15(3)4)12(16)14-7-6-13-8-9-17-5;;/h10-11,13H,6-9H2,1-5H3,(H,14,16);2*1H. The molecule has 0 rings (SSSR count). The highest BCUT2D eigenvalue weighted by molar-refractivity contribution is 5.85. The van der Waals surface area contributed by atoms with E-state index < -0.39 is 0 Å². The fourth-order valence-corrected chi connectivity index (χ4v) is 1.81. The van der Waals surface area contributed by atoms with E-state index in [4.69, 9.17) is 4.74 Å². The normalized spacial score (nSPS) is 11.7. The van der Waals surface area contributed by atoms with Gasteiger partial charge in [-0.1, -0.05) is 13.8 Å². The first-order valence-corrected chi connectivity index (χ1v) is 6.14. The smallest absolute Gasteiger partial charge is 0.237 e. The summed E-state index contributed by atoms with van der Waals surface area (Å²) in [5.41, 5.74) is 0. The van der Waals surface area contributed by atoms with Gasteiger partial charge in [0.15, 0.2) is 0 Å². The highest BCUT2D eigenvalue weighted by atomic mass is 35.5. The molecule has 0 fully saturated rings. The van der Waals surface area contributed by atoms with Crippen molar-refractivity contribution in [2.45, 2.75) is 19.9 Å². The molecule has 0 heterocycles. The maximum Gasteiger partial charge on any atom is 0.237 e. The third kappa shape index (κ3) is 11.5. The van der Waals surface area contributed by atoms with E-state index in [1.165, 1.54) is 0 Å². The Bertz CT molecular complexity index is 209. The number of likely N-dealkylation sites (N-methyl/N-ethyl adjacent to an activating group) is 1. The molecule has 5 nitrogen and oxygen atoms in total. The Balaban J connectivity index is -0.00000128. The van der Waals surface area contributed by atoms with Crippen LogP contribution in [-0.4, -0.2) is 64.3 Å². The number of nitrogens with zero attached hydrogens (tertiary/aromatic N) is 1. The van der Waals surface area contributed by atoms with E-state index in [0.29, 0.717) is 19.1 Å². The van der Waals surface area contributed by atoms with Crippen LogP contribution in [0.3, 0.4) is 0 Å². The Kier molecular flexibility index (Phi) is 18.1. The van der Waals surface area contributed by atoms with Gasteiger partial charge in [-0.2, -0.15) is 0 Å². The summed E-state index contributed by atoms with van der Waals surface area (Å²) in [4.78, 5) is 13.9. The van der Waals surface area contributed by atoms with Gasteiger partial charge in [0.1, 0.15) is 0 Å². The molecule has 0 saturated heterocycles. The number of carbonyl (C=O) groups is 1. The van der Waals surface area contributed by atoms with Gasteiger partial charge < -0.3 is 15.4 Å².